The highest BCUT2D eigenvalue weighted by atomic mass is 35.5. The van der Waals surface area contributed by atoms with Crippen LogP contribution >= 0.6 is 23.2 Å². The predicted octanol–water partition coefficient (Wildman–Crippen LogP) is 7.27. The van der Waals surface area contributed by atoms with E-state index in [1.807, 2.05) is 48.3 Å². The molecule has 4 aromatic carbocycles. The van der Waals surface area contributed by atoms with E-state index < -0.39 is 23.5 Å². The maximum absolute atomic E-state index is 13.2. The summed E-state index contributed by atoms with van der Waals surface area (Å²) in [5.74, 6) is -1.13. The molecule has 42 heavy (non-hydrogen) atoms. The topological polar surface area (TPSA) is 102 Å². The molecule has 0 aliphatic carbocycles. The molecule has 0 radical (unpaired) electrons. The average molecular weight is 604 g/mol. The zero-order valence-electron chi connectivity index (χ0n) is 22.4. The summed E-state index contributed by atoms with van der Waals surface area (Å²) in [6.45, 7) is 1.27. The Labute approximate surface area is 250 Å². The molecule has 1 atom stereocenters. The van der Waals surface area contributed by atoms with E-state index in [0.717, 1.165) is 11.3 Å². The second-order valence-corrected chi connectivity index (χ2v) is 10.8. The highest BCUT2D eigenvalue weighted by molar-refractivity contribution is 6.33. The number of ether oxygens (including phenoxy) is 3. The van der Waals surface area contributed by atoms with Gasteiger partial charge in [-0.25, -0.2) is 4.79 Å². The number of benzene rings is 4. The van der Waals surface area contributed by atoms with Gasteiger partial charge in [0.1, 0.15) is 11.5 Å². The van der Waals surface area contributed by atoms with Gasteiger partial charge >= 0.3 is 17.9 Å². The number of carbonyl (C=O) groups excluding carboxylic acids is 2. The highest BCUT2D eigenvalue weighted by Gasteiger charge is 2.54. The van der Waals surface area contributed by atoms with Crippen LogP contribution in [0.4, 0.5) is 11.4 Å². The lowest BCUT2D eigenvalue weighted by Gasteiger charge is -2.37. The van der Waals surface area contributed by atoms with Gasteiger partial charge in [-0.1, -0.05) is 53.5 Å². The first kappa shape index (κ1) is 27.6. The van der Waals surface area contributed by atoms with Gasteiger partial charge < -0.3 is 24.2 Å². The van der Waals surface area contributed by atoms with Crippen molar-refractivity contribution in [2.24, 2.45) is 0 Å². The number of fused-ring (bicyclic) bond motifs is 6. The third kappa shape index (κ3) is 4.53. The number of aryl methyl sites for hydroxylation is 1. The summed E-state index contributed by atoms with van der Waals surface area (Å²) in [4.78, 5) is 37.7. The van der Waals surface area contributed by atoms with Crippen molar-refractivity contribution in [1.29, 1.82) is 0 Å². The molecule has 0 saturated carbocycles. The normalized spacial score (nSPS) is 16.1. The minimum absolute atomic E-state index is 0.0461. The van der Waals surface area contributed by atoms with Crippen molar-refractivity contribution in [3.8, 4) is 17.2 Å². The lowest BCUT2D eigenvalue weighted by atomic mass is 9.77. The fraction of sp³-hybridized carbons (Fsp3) is 0.156. The monoisotopic (exact) mass is 603 g/mol. The number of aliphatic carboxylic acids is 1. The molecular weight excluding hydrogens is 581 g/mol. The highest BCUT2D eigenvalue weighted by Crippen LogP contribution is 2.58. The molecule has 6 rings (SSSR count). The Morgan fingerprint density at radius 3 is 2.29 bits per heavy atom. The molecule has 4 aromatic rings. The van der Waals surface area contributed by atoms with Crippen LogP contribution in [0.15, 0.2) is 72.8 Å². The van der Waals surface area contributed by atoms with E-state index in [1.54, 1.807) is 30.3 Å². The summed E-state index contributed by atoms with van der Waals surface area (Å²) in [6, 6.07) is 21.2. The summed E-state index contributed by atoms with van der Waals surface area (Å²) in [7, 11) is 1.84. The summed E-state index contributed by atoms with van der Waals surface area (Å²) in [6.07, 6.45) is 0.471. The molecular formula is C32H23Cl2NO7. The number of esters is 2. The molecule has 0 amide bonds. The van der Waals surface area contributed by atoms with Crippen LogP contribution < -0.4 is 14.4 Å². The van der Waals surface area contributed by atoms with Crippen LogP contribution in [0.5, 0.6) is 17.2 Å². The van der Waals surface area contributed by atoms with Gasteiger partial charge in [-0.05, 0) is 42.3 Å². The summed E-state index contributed by atoms with van der Waals surface area (Å²) >= 11 is 13.4. The average Bonchev–Trinajstić information content (AvgIpc) is 3.25. The van der Waals surface area contributed by atoms with Crippen molar-refractivity contribution >= 4 is 52.5 Å². The number of carboxylic acid groups (broad SMARTS) is 1. The largest absolute Gasteiger partial charge is 0.481 e. The van der Waals surface area contributed by atoms with Crippen LogP contribution in [-0.4, -0.2) is 30.1 Å². The zero-order chi connectivity index (χ0) is 29.8. The van der Waals surface area contributed by atoms with E-state index in [4.69, 9.17) is 42.5 Å². The number of rotatable bonds is 6. The van der Waals surface area contributed by atoms with Gasteiger partial charge in [-0.15, -0.1) is 0 Å². The molecule has 2 aliphatic rings. The molecule has 1 unspecified atom stereocenters. The fourth-order valence-electron chi connectivity index (χ4n) is 5.44. The van der Waals surface area contributed by atoms with Gasteiger partial charge in [0.15, 0.2) is 11.4 Å². The van der Waals surface area contributed by atoms with Crippen molar-refractivity contribution in [2.45, 2.75) is 25.4 Å². The minimum Gasteiger partial charge on any atom is -0.481 e. The van der Waals surface area contributed by atoms with Gasteiger partial charge in [-0.3, -0.25) is 9.59 Å². The van der Waals surface area contributed by atoms with Crippen molar-refractivity contribution in [3.05, 3.63) is 111 Å². The van der Waals surface area contributed by atoms with E-state index in [-0.39, 0.29) is 17.2 Å². The number of hydrogen-bond acceptors (Lipinski definition) is 7. The van der Waals surface area contributed by atoms with Gasteiger partial charge in [0.25, 0.3) is 0 Å². The smallest absolute Gasteiger partial charge is 0.340 e. The molecule has 1 N–H and O–H groups in total. The number of hydrogen-bond donors (Lipinski definition) is 1. The van der Waals surface area contributed by atoms with Crippen molar-refractivity contribution in [2.75, 3.05) is 11.9 Å². The molecule has 10 heteroatoms. The van der Waals surface area contributed by atoms with Gasteiger partial charge in [-0.2, -0.15) is 0 Å². The Kier molecular flexibility index (Phi) is 6.83. The molecule has 8 nitrogen and oxygen atoms in total. The Morgan fingerprint density at radius 2 is 1.60 bits per heavy atom. The minimum atomic E-state index is -1.42. The quantitative estimate of drug-likeness (QED) is 0.181. The van der Waals surface area contributed by atoms with Crippen LogP contribution in [0.3, 0.4) is 0 Å². The predicted molar refractivity (Wildman–Crippen MR) is 156 cm³/mol. The third-order valence-electron chi connectivity index (χ3n) is 7.40. The Balaban J connectivity index is 1.49. The number of carbonyl (C=O) groups is 3. The lowest BCUT2D eigenvalue weighted by Crippen LogP contribution is -2.33. The Bertz CT molecular complexity index is 1790. The lowest BCUT2D eigenvalue weighted by molar-refractivity contribution is -0.137. The first-order valence-corrected chi connectivity index (χ1v) is 13.8. The first-order valence-electron chi connectivity index (χ1n) is 13.0. The van der Waals surface area contributed by atoms with Crippen LogP contribution in [-0.2, 0) is 26.3 Å². The molecule has 2 heterocycles. The maximum Gasteiger partial charge on any atom is 0.340 e. The number of nitrogens with zero attached hydrogens (tertiary/aromatic N) is 1. The molecule has 0 fully saturated rings. The number of carboxylic acids is 1. The van der Waals surface area contributed by atoms with E-state index in [9.17, 15) is 14.4 Å². The van der Waals surface area contributed by atoms with Crippen LogP contribution in [0, 0.1) is 0 Å². The van der Waals surface area contributed by atoms with Crippen molar-refractivity contribution in [3.63, 3.8) is 0 Å². The van der Waals surface area contributed by atoms with Crippen LogP contribution in [0.25, 0.3) is 0 Å². The van der Waals surface area contributed by atoms with Crippen LogP contribution in [0.2, 0.25) is 10.0 Å². The molecule has 0 bridgehead atoms. The first-order chi connectivity index (χ1) is 20.1. The molecule has 0 aromatic heterocycles. The van der Waals surface area contributed by atoms with Gasteiger partial charge in [0.2, 0.25) is 0 Å². The number of halogens is 2. The van der Waals surface area contributed by atoms with E-state index in [0.29, 0.717) is 50.9 Å². The van der Waals surface area contributed by atoms with Crippen LogP contribution in [0.1, 0.15) is 46.0 Å². The molecule has 1 spiro atoms. The zero-order valence-corrected chi connectivity index (χ0v) is 24.0. The Hall–Kier alpha value is -4.53. The summed E-state index contributed by atoms with van der Waals surface area (Å²) in [5.41, 5.74) is 2.88. The summed E-state index contributed by atoms with van der Waals surface area (Å²) < 4.78 is 17.8. The van der Waals surface area contributed by atoms with Crippen molar-refractivity contribution < 1.29 is 33.7 Å². The molecule has 2 aliphatic heterocycles. The summed E-state index contributed by atoms with van der Waals surface area (Å²) in [5, 5.41) is 9.50. The van der Waals surface area contributed by atoms with E-state index >= 15 is 0 Å². The number of anilines is 2. The Morgan fingerprint density at radius 1 is 0.929 bits per heavy atom. The van der Waals surface area contributed by atoms with E-state index in [1.165, 1.54) is 13.0 Å². The van der Waals surface area contributed by atoms with Gasteiger partial charge in [0.05, 0.1) is 21.3 Å². The molecule has 0 saturated heterocycles. The molecule has 212 valence electrons. The fourth-order valence-corrected chi connectivity index (χ4v) is 5.94. The SMILES string of the molecule is CC(=O)Oc1cc2c(cc1Cl)C1(OC(=O)c3ccccc31)c1cc(Cl)c(N(C)c3ccc(CCC(=O)O)cc3)cc1O2. The van der Waals surface area contributed by atoms with Crippen molar-refractivity contribution in [1.82, 2.24) is 0 Å². The second-order valence-electron chi connectivity index (χ2n) is 10.0. The third-order valence-corrected chi connectivity index (χ3v) is 8.00. The second kappa shape index (κ2) is 10.4. The van der Waals surface area contributed by atoms with E-state index in [2.05, 4.69) is 0 Å². The maximum atomic E-state index is 13.2. The standard InChI is InChI=1S/C32H23Cl2NO7/c1-17(36)40-29-16-28-23(14-25(29)34)32(21-6-4-3-5-20(21)31(39)42-32)22-13-24(33)26(15-27(22)41-28)35(2)19-10-7-18(8-11-19)9-12-30(37)38/h3-8,10-11,13-16H,9,12H2,1-2H3,(H,37,38). The van der Waals surface area contributed by atoms with Gasteiger partial charge in [0, 0.05) is 54.9 Å².